The molecule has 0 spiro atoms. The maximum atomic E-state index is 14.0. The number of carbonyl (C=O) groups is 2. The summed E-state index contributed by atoms with van der Waals surface area (Å²) in [6, 6.07) is 25.2. The van der Waals surface area contributed by atoms with Gasteiger partial charge in [0.15, 0.2) is 5.92 Å². The molecule has 0 N–H and O–H groups in total. The number of hydrogen-bond donors (Lipinski definition) is 0. The van der Waals surface area contributed by atoms with Gasteiger partial charge in [-0.1, -0.05) is 66.7 Å². The van der Waals surface area contributed by atoms with Crippen LogP contribution in [0.2, 0.25) is 0 Å². The van der Waals surface area contributed by atoms with Crippen LogP contribution in [0.4, 0.5) is 5.95 Å². The number of imidazole rings is 1. The van der Waals surface area contributed by atoms with Crippen LogP contribution in [0.25, 0.3) is 11.0 Å². The molecule has 0 fully saturated rings. The van der Waals surface area contributed by atoms with Crippen molar-refractivity contribution >= 4 is 28.9 Å². The van der Waals surface area contributed by atoms with Crippen molar-refractivity contribution in [2.24, 2.45) is 5.92 Å². The van der Waals surface area contributed by atoms with Crippen molar-refractivity contribution in [2.75, 3.05) is 18.1 Å². The number of esters is 1. The molecule has 0 bridgehead atoms. The monoisotopic (exact) mass is 453 g/mol. The predicted molar refractivity (Wildman–Crippen MR) is 132 cm³/mol. The van der Waals surface area contributed by atoms with Crippen LogP contribution in [0.1, 0.15) is 29.7 Å². The maximum absolute atomic E-state index is 14.0. The lowest BCUT2D eigenvalue weighted by molar-refractivity contribution is -0.153. The van der Waals surface area contributed by atoms with E-state index in [4.69, 9.17) is 9.72 Å². The minimum Gasteiger partial charge on any atom is -0.465 e. The number of carbonyl (C=O) groups excluding carboxylic acids is 2. The van der Waals surface area contributed by atoms with E-state index >= 15 is 0 Å². The van der Waals surface area contributed by atoms with E-state index in [2.05, 4.69) is 0 Å². The second-order valence-corrected chi connectivity index (χ2v) is 8.53. The molecule has 5 rings (SSSR count). The largest absolute Gasteiger partial charge is 0.465 e. The SMILES string of the molecule is CCOC(=O)[C@H]1C(=O)N(CCc2ccccc2)c2nc3ccccc3n2[C@@H]1c1ccccc1C. The van der Waals surface area contributed by atoms with E-state index in [1.54, 1.807) is 11.8 Å². The summed E-state index contributed by atoms with van der Waals surface area (Å²) in [6.07, 6.45) is 0.653. The van der Waals surface area contributed by atoms with E-state index in [9.17, 15) is 9.59 Å². The molecule has 1 aliphatic heterocycles. The molecule has 1 amide bonds. The molecule has 2 heterocycles. The average Bonchev–Trinajstić information content (AvgIpc) is 3.23. The molecular weight excluding hydrogens is 426 g/mol. The Hall–Kier alpha value is -3.93. The molecule has 0 radical (unpaired) electrons. The number of nitrogens with zero attached hydrogens (tertiary/aromatic N) is 3. The summed E-state index contributed by atoms with van der Waals surface area (Å²) in [5.74, 6) is -1.21. The molecule has 0 saturated heterocycles. The smallest absolute Gasteiger partial charge is 0.321 e. The molecule has 3 aromatic carbocycles. The van der Waals surface area contributed by atoms with Crippen LogP contribution in [-0.4, -0.2) is 34.6 Å². The number of fused-ring (bicyclic) bond motifs is 3. The van der Waals surface area contributed by atoms with Crippen LogP contribution in [0.15, 0.2) is 78.9 Å². The molecule has 2 atom stereocenters. The Labute approximate surface area is 198 Å². The summed E-state index contributed by atoms with van der Waals surface area (Å²) < 4.78 is 7.49. The minimum atomic E-state index is -0.998. The number of hydrogen-bond acceptors (Lipinski definition) is 4. The molecule has 0 saturated carbocycles. The van der Waals surface area contributed by atoms with Gasteiger partial charge in [0.05, 0.1) is 23.7 Å². The number of para-hydroxylation sites is 2. The Kier molecular flexibility index (Phi) is 5.88. The molecule has 6 nitrogen and oxygen atoms in total. The van der Waals surface area contributed by atoms with Crippen molar-refractivity contribution in [3.63, 3.8) is 0 Å². The van der Waals surface area contributed by atoms with Crippen molar-refractivity contribution in [1.29, 1.82) is 0 Å². The van der Waals surface area contributed by atoms with Gasteiger partial charge >= 0.3 is 5.97 Å². The first kappa shape index (κ1) is 21.9. The number of amides is 1. The zero-order valence-corrected chi connectivity index (χ0v) is 19.3. The van der Waals surface area contributed by atoms with E-state index < -0.39 is 17.9 Å². The van der Waals surface area contributed by atoms with E-state index in [-0.39, 0.29) is 12.5 Å². The third-order valence-electron chi connectivity index (χ3n) is 6.46. The van der Waals surface area contributed by atoms with E-state index in [0.29, 0.717) is 18.9 Å². The topological polar surface area (TPSA) is 64.4 Å². The predicted octanol–water partition coefficient (Wildman–Crippen LogP) is 4.70. The number of aryl methyl sites for hydroxylation is 1. The van der Waals surface area contributed by atoms with Crippen molar-refractivity contribution in [2.45, 2.75) is 26.3 Å². The summed E-state index contributed by atoms with van der Waals surface area (Å²) in [5.41, 5.74) is 4.72. The maximum Gasteiger partial charge on any atom is 0.321 e. The molecule has 34 heavy (non-hydrogen) atoms. The molecule has 1 aromatic heterocycles. The molecule has 0 aliphatic carbocycles. The molecular formula is C28H27N3O3. The van der Waals surface area contributed by atoms with Crippen molar-refractivity contribution in [1.82, 2.24) is 9.55 Å². The van der Waals surface area contributed by atoms with Gasteiger partial charge in [-0.05, 0) is 49.1 Å². The van der Waals surface area contributed by atoms with Gasteiger partial charge in [-0.3, -0.25) is 14.5 Å². The van der Waals surface area contributed by atoms with E-state index in [1.165, 1.54) is 0 Å². The fraction of sp³-hybridized carbons (Fsp3) is 0.250. The highest BCUT2D eigenvalue weighted by Gasteiger charge is 2.48. The number of anilines is 1. The van der Waals surface area contributed by atoms with Crippen molar-refractivity contribution in [3.05, 3.63) is 95.6 Å². The highest BCUT2D eigenvalue weighted by molar-refractivity contribution is 6.08. The lowest BCUT2D eigenvalue weighted by Gasteiger charge is -2.38. The molecule has 1 aliphatic rings. The second kappa shape index (κ2) is 9.14. The third-order valence-corrected chi connectivity index (χ3v) is 6.46. The van der Waals surface area contributed by atoms with Gasteiger partial charge in [-0.15, -0.1) is 0 Å². The third kappa shape index (κ3) is 3.75. The van der Waals surface area contributed by atoms with Gasteiger partial charge in [-0.25, -0.2) is 4.98 Å². The number of ether oxygens (including phenoxy) is 1. The molecule has 4 aromatic rings. The van der Waals surface area contributed by atoms with Crippen LogP contribution in [0, 0.1) is 12.8 Å². The Balaban J connectivity index is 1.70. The first-order valence-electron chi connectivity index (χ1n) is 11.6. The molecule has 172 valence electrons. The van der Waals surface area contributed by atoms with Crippen LogP contribution in [0.3, 0.4) is 0 Å². The van der Waals surface area contributed by atoms with Gasteiger partial charge < -0.3 is 9.30 Å². The lowest BCUT2D eigenvalue weighted by atomic mass is 9.87. The lowest BCUT2D eigenvalue weighted by Crippen LogP contribution is -2.50. The number of aromatic nitrogens is 2. The quantitative estimate of drug-likeness (QED) is 0.314. The van der Waals surface area contributed by atoms with Crippen LogP contribution < -0.4 is 4.90 Å². The van der Waals surface area contributed by atoms with E-state index in [1.807, 2.05) is 90.4 Å². The first-order chi connectivity index (χ1) is 16.6. The zero-order valence-electron chi connectivity index (χ0n) is 19.3. The highest BCUT2D eigenvalue weighted by Crippen LogP contribution is 2.42. The Morgan fingerprint density at radius 3 is 2.44 bits per heavy atom. The number of rotatable bonds is 6. The summed E-state index contributed by atoms with van der Waals surface area (Å²) in [5, 5.41) is 0. The minimum absolute atomic E-state index is 0.213. The van der Waals surface area contributed by atoms with Crippen molar-refractivity contribution < 1.29 is 14.3 Å². The Morgan fingerprint density at radius 1 is 0.971 bits per heavy atom. The van der Waals surface area contributed by atoms with Gasteiger partial charge in [0.25, 0.3) is 0 Å². The summed E-state index contributed by atoms with van der Waals surface area (Å²) in [6.45, 7) is 4.40. The summed E-state index contributed by atoms with van der Waals surface area (Å²) in [7, 11) is 0. The normalized spacial score (nSPS) is 17.6. The highest BCUT2D eigenvalue weighted by atomic mass is 16.5. The van der Waals surface area contributed by atoms with Gasteiger partial charge in [-0.2, -0.15) is 0 Å². The molecule has 0 unspecified atom stereocenters. The van der Waals surface area contributed by atoms with Gasteiger partial charge in [0, 0.05) is 6.54 Å². The zero-order chi connectivity index (χ0) is 23.7. The fourth-order valence-electron chi connectivity index (χ4n) is 4.84. The summed E-state index contributed by atoms with van der Waals surface area (Å²) in [4.78, 5) is 33.8. The van der Waals surface area contributed by atoms with E-state index in [0.717, 1.165) is 27.7 Å². The summed E-state index contributed by atoms with van der Waals surface area (Å²) >= 11 is 0. The second-order valence-electron chi connectivity index (χ2n) is 8.53. The van der Waals surface area contributed by atoms with Crippen molar-refractivity contribution in [3.8, 4) is 0 Å². The van der Waals surface area contributed by atoms with Crippen LogP contribution in [0.5, 0.6) is 0 Å². The average molecular weight is 454 g/mol. The van der Waals surface area contributed by atoms with Crippen LogP contribution >= 0.6 is 0 Å². The molecule has 6 heteroatoms. The number of benzene rings is 3. The first-order valence-corrected chi connectivity index (χ1v) is 11.6. The Bertz CT molecular complexity index is 1350. The van der Waals surface area contributed by atoms with Gasteiger partial charge in [0.1, 0.15) is 0 Å². The standard InChI is InChI=1S/C28H27N3O3/c1-3-34-27(33)24-25(21-14-8-7-11-19(21)2)31-23-16-10-9-15-22(23)29-28(31)30(26(24)32)18-17-20-12-5-4-6-13-20/h4-16,24-25H,3,17-18H2,1-2H3/t24-,25-/m1/s1. The van der Waals surface area contributed by atoms with Crippen LogP contribution in [-0.2, 0) is 20.7 Å². The Morgan fingerprint density at radius 2 is 1.68 bits per heavy atom. The van der Waals surface area contributed by atoms with Gasteiger partial charge in [0.2, 0.25) is 11.9 Å². The fourth-order valence-corrected chi connectivity index (χ4v) is 4.84.